The standard InChI is InChI=1S/C14H19FN2OS/c1-4-17(8-10(3)13(16)19)14(18)11-6-5-9(2)7-12(11)15/h5-7,10H,4,8H2,1-3H3,(H2,16,19). The molecule has 0 bridgehead atoms. The van der Waals surface area contributed by atoms with Crippen LogP contribution in [0.5, 0.6) is 0 Å². The molecule has 0 radical (unpaired) electrons. The molecule has 5 heteroatoms. The van der Waals surface area contributed by atoms with Crippen LogP contribution >= 0.6 is 12.2 Å². The van der Waals surface area contributed by atoms with Gasteiger partial charge in [-0.2, -0.15) is 0 Å². The zero-order valence-electron chi connectivity index (χ0n) is 11.4. The van der Waals surface area contributed by atoms with Crippen molar-refractivity contribution >= 4 is 23.1 Å². The maximum Gasteiger partial charge on any atom is 0.256 e. The van der Waals surface area contributed by atoms with Crippen LogP contribution in [0.15, 0.2) is 18.2 Å². The van der Waals surface area contributed by atoms with E-state index in [0.29, 0.717) is 18.1 Å². The van der Waals surface area contributed by atoms with Gasteiger partial charge in [-0.1, -0.05) is 25.2 Å². The highest BCUT2D eigenvalue weighted by Gasteiger charge is 2.20. The molecule has 1 aromatic rings. The normalized spacial score (nSPS) is 12.0. The zero-order chi connectivity index (χ0) is 14.6. The Morgan fingerprint density at radius 1 is 1.53 bits per heavy atom. The zero-order valence-corrected chi connectivity index (χ0v) is 12.3. The number of hydrogen-bond donors (Lipinski definition) is 1. The summed E-state index contributed by atoms with van der Waals surface area (Å²) in [6.45, 7) is 6.36. The molecule has 1 amide bonds. The lowest BCUT2D eigenvalue weighted by Gasteiger charge is -2.24. The number of aryl methyl sites for hydroxylation is 1. The third-order valence-corrected chi connectivity index (χ3v) is 3.41. The lowest BCUT2D eigenvalue weighted by molar-refractivity contribution is 0.0750. The molecular weight excluding hydrogens is 263 g/mol. The van der Waals surface area contributed by atoms with E-state index in [0.717, 1.165) is 5.56 Å². The van der Waals surface area contributed by atoms with E-state index in [1.165, 1.54) is 12.1 Å². The van der Waals surface area contributed by atoms with Crippen molar-refractivity contribution < 1.29 is 9.18 Å². The Morgan fingerprint density at radius 3 is 2.63 bits per heavy atom. The summed E-state index contributed by atoms with van der Waals surface area (Å²) in [6.07, 6.45) is 0. The minimum absolute atomic E-state index is 0.0857. The molecule has 19 heavy (non-hydrogen) atoms. The summed E-state index contributed by atoms with van der Waals surface area (Å²) in [6, 6.07) is 4.60. The molecule has 0 aromatic heterocycles. The van der Waals surface area contributed by atoms with Crippen LogP contribution in [0, 0.1) is 18.7 Å². The van der Waals surface area contributed by atoms with Gasteiger partial charge in [-0.3, -0.25) is 4.79 Å². The van der Waals surface area contributed by atoms with Crippen molar-refractivity contribution in [2.45, 2.75) is 20.8 Å². The van der Waals surface area contributed by atoms with Gasteiger partial charge in [0.15, 0.2) is 0 Å². The van der Waals surface area contributed by atoms with Crippen LogP contribution < -0.4 is 5.73 Å². The van der Waals surface area contributed by atoms with Gasteiger partial charge in [-0.05, 0) is 31.5 Å². The van der Waals surface area contributed by atoms with E-state index in [2.05, 4.69) is 0 Å². The van der Waals surface area contributed by atoms with Crippen molar-refractivity contribution in [3.8, 4) is 0 Å². The number of carbonyl (C=O) groups excluding carboxylic acids is 1. The Labute approximate surface area is 118 Å². The second-order valence-corrected chi connectivity index (χ2v) is 5.10. The van der Waals surface area contributed by atoms with Crippen molar-refractivity contribution in [2.75, 3.05) is 13.1 Å². The van der Waals surface area contributed by atoms with Crippen LogP contribution in [0.2, 0.25) is 0 Å². The molecule has 0 aliphatic rings. The number of hydrogen-bond acceptors (Lipinski definition) is 2. The monoisotopic (exact) mass is 282 g/mol. The fourth-order valence-electron chi connectivity index (χ4n) is 1.74. The number of nitrogens with zero attached hydrogens (tertiary/aromatic N) is 1. The van der Waals surface area contributed by atoms with Crippen molar-refractivity contribution in [3.05, 3.63) is 35.1 Å². The van der Waals surface area contributed by atoms with E-state index < -0.39 is 5.82 Å². The second-order valence-electron chi connectivity index (χ2n) is 4.63. The molecule has 1 aromatic carbocycles. The summed E-state index contributed by atoms with van der Waals surface area (Å²) in [7, 11) is 0. The number of benzene rings is 1. The van der Waals surface area contributed by atoms with E-state index in [-0.39, 0.29) is 17.4 Å². The van der Waals surface area contributed by atoms with E-state index >= 15 is 0 Å². The van der Waals surface area contributed by atoms with Gasteiger partial charge in [-0.25, -0.2) is 4.39 Å². The minimum atomic E-state index is -0.494. The van der Waals surface area contributed by atoms with Crippen molar-refractivity contribution in [3.63, 3.8) is 0 Å². The number of amides is 1. The number of thiocarbonyl (C=S) groups is 1. The van der Waals surface area contributed by atoms with Crippen LogP contribution in [0.4, 0.5) is 4.39 Å². The van der Waals surface area contributed by atoms with Crippen LogP contribution in [-0.2, 0) is 0 Å². The molecular formula is C14H19FN2OS. The van der Waals surface area contributed by atoms with Crippen LogP contribution in [0.3, 0.4) is 0 Å². The van der Waals surface area contributed by atoms with Gasteiger partial charge in [0.2, 0.25) is 0 Å². The molecule has 0 aliphatic carbocycles. The predicted octanol–water partition coefficient (Wildman–Crippen LogP) is 2.52. The maximum absolute atomic E-state index is 13.8. The number of carbonyl (C=O) groups is 1. The molecule has 1 unspecified atom stereocenters. The molecule has 0 fully saturated rings. The quantitative estimate of drug-likeness (QED) is 0.844. The number of halogens is 1. The first-order valence-electron chi connectivity index (χ1n) is 6.21. The molecule has 0 saturated heterocycles. The molecule has 0 spiro atoms. The minimum Gasteiger partial charge on any atom is -0.393 e. The Bertz CT molecular complexity index is 490. The SMILES string of the molecule is CCN(CC(C)C(N)=S)C(=O)c1ccc(C)cc1F. The number of nitrogens with two attached hydrogens (primary N) is 1. The summed E-state index contributed by atoms with van der Waals surface area (Å²) >= 11 is 4.90. The highest BCUT2D eigenvalue weighted by molar-refractivity contribution is 7.80. The summed E-state index contributed by atoms with van der Waals surface area (Å²) in [4.78, 5) is 14.2. The van der Waals surface area contributed by atoms with Gasteiger partial charge in [0.1, 0.15) is 5.82 Å². The Balaban J connectivity index is 2.92. The summed E-state index contributed by atoms with van der Waals surface area (Å²) in [5.41, 5.74) is 6.42. The van der Waals surface area contributed by atoms with Gasteiger partial charge in [0, 0.05) is 19.0 Å². The Morgan fingerprint density at radius 2 is 2.16 bits per heavy atom. The van der Waals surface area contributed by atoms with Crippen molar-refractivity contribution in [1.82, 2.24) is 4.90 Å². The molecule has 1 atom stereocenters. The summed E-state index contributed by atoms with van der Waals surface area (Å²) in [5.74, 6) is -0.915. The van der Waals surface area contributed by atoms with Crippen LogP contribution in [0.25, 0.3) is 0 Å². The molecule has 1 rings (SSSR count). The largest absolute Gasteiger partial charge is 0.393 e. The molecule has 0 aliphatic heterocycles. The Kier molecular flexibility index (Phi) is 5.42. The van der Waals surface area contributed by atoms with Gasteiger partial charge in [-0.15, -0.1) is 0 Å². The first kappa shape index (κ1) is 15.6. The molecule has 104 valence electrons. The smallest absolute Gasteiger partial charge is 0.256 e. The Hall–Kier alpha value is -1.49. The summed E-state index contributed by atoms with van der Waals surface area (Å²) < 4.78 is 13.8. The van der Waals surface area contributed by atoms with E-state index in [1.54, 1.807) is 17.9 Å². The highest BCUT2D eigenvalue weighted by Crippen LogP contribution is 2.14. The van der Waals surface area contributed by atoms with E-state index in [9.17, 15) is 9.18 Å². The fourth-order valence-corrected chi connectivity index (χ4v) is 1.81. The maximum atomic E-state index is 13.8. The molecule has 0 heterocycles. The van der Waals surface area contributed by atoms with Crippen LogP contribution in [0.1, 0.15) is 29.8 Å². The second kappa shape index (κ2) is 6.61. The predicted molar refractivity (Wildman–Crippen MR) is 78.7 cm³/mol. The lowest BCUT2D eigenvalue weighted by Crippen LogP contribution is -2.38. The average Bonchev–Trinajstić information content (AvgIpc) is 2.34. The number of rotatable bonds is 5. The van der Waals surface area contributed by atoms with Crippen molar-refractivity contribution in [2.24, 2.45) is 11.7 Å². The topological polar surface area (TPSA) is 46.3 Å². The first-order valence-corrected chi connectivity index (χ1v) is 6.62. The molecule has 3 nitrogen and oxygen atoms in total. The van der Waals surface area contributed by atoms with E-state index in [4.69, 9.17) is 18.0 Å². The third kappa shape index (κ3) is 3.99. The first-order chi connectivity index (χ1) is 8.86. The van der Waals surface area contributed by atoms with Crippen molar-refractivity contribution in [1.29, 1.82) is 0 Å². The lowest BCUT2D eigenvalue weighted by atomic mass is 10.1. The van der Waals surface area contributed by atoms with Gasteiger partial charge < -0.3 is 10.6 Å². The summed E-state index contributed by atoms with van der Waals surface area (Å²) in [5, 5.41) is 0. The van der Waals surface area contributed by atoms with Gasteiger partial charge in [0.05, 0.1) is 10.6 Å². The van der Waals surface area contributed by atoms with Gasteiger partial charge in [0.25, 0.3) is 5.91 Å². The highest BCUT2D eigenvalue weighted by atomic mass is 32.1. The fraction of sp³-hybridized carbons (Fsp3) is 0.429. The third-order valence-electron chi connectivity index (χ3n) is 3.00. The molecule has 2 N–H and O–H groups in total. The van der Waals surface area contributed by atoms with Gasteiger partial charge >= 0.3 is 0 Å². The molecule has 0 saturated carbocycles. The van der Waals surface area contributed by atoms with Crippen LogP contribution in [-0.4, -0.2) is 28.9 Å². The van der Waals surface area contributed by atoms with E-state index in [1.807, 2.05) is 13.8 Å². The average molecular weight is 282 g/mol.